The van der Waals surface area contributed by atoms with Crippen molar-refractivity contribution in [1.82, 2.24) is 29.9 Å². The molecule has 4 rings (SSSR count). The average molecular weight is 372 g/mol. The van der Waals surface area contributed by atoms with Gasteiger partial charge in [0.15, 0.2) is 17.0 Å². The summed E-state index contributed by atoms with van der Waals surface area (Å²) in [5.74, 6) is 0.935. The second-order valence-electron chi connectivity index (χ2n) is 6.07. The molecule has 9 heteroatoms. The number of aromatic nitrogens is 5. The summed E-state index contributed by atoms with van der Waals surface area (Å²) in [6.07, 6.45) is 2.06. The van der Waals surface area contributed by atoms with Crippen molar-refractivity contribution in [3.8, 4) is 5.69 Å². The van der Waals surface area contributed by atoms with E-state index in [-0.39, 0.29) is 5.91 Å². The Morgan fingerprint density at radius 1 is 1.12 bits per heavy atom. The molecule has 3 heterocycles. The van der Waals surface area contributed by atoms with Crippen molar-refractivity contribution >= 4 is 34.5 Å². The van der Waals surface area contributed by atoms with Crippen LogP contribution in [0.25, 0.3) is 16.9 Å². The highest BCUT2D eigenvalue weighted by atomic mass is 35.5. The van der Waals surface area contributed by atoms with Gasteiger partial charge in [-0.1, -0.05) is 23.7 Å². The van der Waals surface area contributed by atoms with Crippen molar-refractivity contribution in [1.29, 1.82) is 0 Å². The molecular formula is C17H18ClN7O. The van der Waals surface area contributed by atoms with E-state index in [1.54, 1.807) is 16.8 Å². The van der Waals surface area contributed by atoms with Gasteiger partial charge in [-0.25, -0.2) is 9.97 Å². The number of hydrogen-bond donors (Lipinski definition) is 0. The highest BCUT2D eigenvalue weighted by Crippen LogP contribution is 2.24. The van der Waals surface area contributed by atoms with Crippen LogP contribution in [0.3, 0.4) is 0 Å². The molecular weight excluding hydrogens is 354 g/mol. The van der Waals surface area contributed by atoms with Crippen LogP contribution >= 0.6 is 11.6 Å². The van der Waals surface area contributed by atoms with E-state index >= 15 is 0 Å². The second-order valence-corrected chi connectivity index (χ2v) is 6.50. The largest absolute Gasteiger partial charge is 0.351 e. The van der Waals surface area contributed by atoms with E-state index in [4.69, 9.17) is 11.6 Å². The average Bonchev–Trinajstić information content (AvgIpc) is 3.12. The first kappa shape index (κ1) is 16.7. The van der Waals surface area contributed by atoms with E-state index in [9.17, 15) is 4.79 Å². The van der Waals surface area contributed by atoms with E-state index in [1.165, 1.54) is 6.33 Å². The van der Waals surface area contributed by atoms with Gasteiger partial charge in [0.05, 0.1) is 5.69 Å². The minimum atomic E-state index is 0.186. The summed E-state index contributed by atoms with van der Waals surface area (Å²) in [4.78, 5) is 24.6. The van der Waals surface area contributed by atoms with Gasteiger partial charge in [0.1, 0.15) is 6.33 Å². The van der Waals surface area contributed by atoms with Gasteiger partial charge in [0.2, 0.25) is 5.91 Å². The molecule has 0 saturated carbocycles. The van der Waals surface area contributed by atoms with E-state index in [0.29, 0.717) is 48.8 Å². The first-order chi connectivity index (χ1) is 12.7. The summed E-state index contributed by atoms with van der Waals surface area (Å²) in [5.41, 5.74) is 2.13. The van der Waals surface area contributed by atoms with Gasteiger partial charge in [0, 0.05) is 37.6 Å². The minimum absolute atomic E-state index is 0.186. The summed E-state index contributed by atoms with van der Waals surface area (Å²) in [6, 6.07) is 7.34. The van der Waals surface area contributed by atoms with Gasteiger partial charge in [-0.05, 0) is 24.3 Å². The second kappa shape index (κ2) is 6.87. The summed E-state index contributed by atoms with van der Waals surface area (Å²) >= 11 is 5.96. The summed E-state index contributed by atoms with van der Waals surface area (Å²) in [7, 11) is 0. The van der Waals surface area contributed by atoms with Gasteiger partial charge in [-0.3, -0.25) is 4.79 Å². The molecule has 8 nitrogen and oxygen atoms in total. The van der Waals surface area contributed by atoms with Gasteiger partial charge in [0.25, 0.3) is 0 Å². The third-order valence-corrected chi connectivity index (χ3v) is 4.78. The number of halogens is 1. The van der Waals surface area contributed by atoms with E-state index in [0.717, 1.165) is 11.5 Å². The number of hydrogen-bond acceptors (Lipinski definition) is 6. The van der Waals surface area contributed by atoms with Crippen molar-refractivity contribution in [2.24, 2.45) is 0 Å². The zero-order valence-electron chi connectivity index (χ0n) is 14.3. The molecule has 2 aromatic heterocycles. The third kappa shape index (κ3) is 2.96. The molecule has 0 radical (unpaired) electrons. The standard InChI is InChI=1S/C17H18ClN7O/c1-2-14(26)23-7-9-24(10-8-23)16-15-17(20-11-19-16)25(22-21-15)13-5-3-12(18)4-6-13/h3-6,11H,2,7-10H2,1H3. The Balaban J connectivity index is 1.64. The molecule has 1 saturated heterocycles. The molecule has 0 atom stereocenters. The Morgan fingerprint density at radius 3 is 2.54 bits per heavy atom. The molecule has 1 fully saturated rings. The number of nitrogens with zero attached hydrogens (tertiary/aromatic N) is 7. The normalized spacial score (nSPS) is 14.8. The van der Waals surface area contributed by atoms with Crippen LogP contribution in [0.5, 0.6) is 0 Å². The Hall–Kier alpha value is -2.74. The summed E-state index contributed by atoms with van der Waals surface area (Å²) < 4.78 is 1.67. The van der Waals surface area contributed by atoms with Crippen LogP contribution in [-0.4, -0.2) is 61.9 Å². The van der Waals surface area contributed by atoms with Crippen LogP contribution in [-0.2, 0) is 4.79 Å². The first-order valence-corrected chi connectivity index (χ1v) is 8.90. The molecule has 3 aromatic rings. The van der Waals surface area contributed by atoms with Gasteiger partial charge in [-0.15, -0.1) is 5.10 Å². The number of carbonyl (C=O) groups excluding carboxylic acids is 1. The molecule has 1 aliphatic rings. The van der Waals surface area contributed by atoms with Crippen molar-refractivity contribution in [3.63, 3.8) is 0 Å². The van der Waals surface area contributed by atoms with Crippen LogP contribution in [0.2, 0.25) is 5.02 Å². The van der Waals surface area contributed by atoms with Gasteiger partial charge in [-0.2, -0.15) is 4.68 Å². The van der Waals surface area contributed by atoms with Gasteiger partial charge < -0.3 is 9.80 Å². The SMILES string of the molecule is CCC(=O)N1CCN(c2ncnc3c2nnn3-c2ccc(Cl)cc2)CC1. The number of rotatable bonds is 3. The van der Waals surface area contributed by atoms with Crippen LogP contribution in [0.15, 0.2) is 30.6 Å². The zero-order valence-corrected chi connectivity index (χ0v) is 15.1. The number of amides is 1. The minimum Gasteiger partial charge on any atom is -0.351 e. The predicted octanol–water partition coefficient (Wildman–Crippen LogP) is 1.92. The quantitative estimate of drug-likeness (QED) is 0.699. The fourth-order valence-electron chi connectivity index (χ4n) is 3.12. The van der Waals surface area contributed by atoms with E-state index in [2.05, 4.69) is 25.2 Å². The predicted molar refractivity (Wildman–Crippen MR) is 98.5 cm³/mol. The lowest BCUT2D eigenvalue weighted by Gasteiger charge is -2.35. The Kier molecular flexibility index (Phi) is 4.42. The maximum absolute atomic E-state index is 11.9. The monoisotopic (exact) mass is 371 g/mol. The van der Waals surface area contributed by atoms with Crippen LogP contribution in [0, 0.1) is 0 Å². The Morgan fingerprint density at radius 2 is 1.85 bits per heavy atom. The highest BCUT2D eigenvalue weighted by molar-refractivity contribution is 6.30. The summed E-state index contributed by atoms with van der Waals surface area (Å²) in [6.45, 7) is 4.68. The molecule has 0 bridgehead atoms. The number of piperazine rings is 1. The molecule has 0 unspecified atom stereocenters. The van der Waals surface area contributed by atoms with E-state index < -0.39 is 0 Å². The zero-order chi connectivity index (χ0) is 18.1. The molecule has 0 aliphatic carbocycles. The third-order valence-electron chi connectivity index (χ3n) is 4.52. The molecule has 134 valence electrons. The first-order valence-electron chi connectivity index (χ1n) is 8.52. The van der Waals surface area contributed by atoms with Gasteiger partial charge >= 0.3 is 0 Å². The lowest BCUT2D eigenvalue weighted by atomic mass is 10.2. The fourth-order valence-corrected chi connectivity index (χ4v) is 3.24. The number of carbonyl (C=O) groups is 1. The fraction of sp³-hybridized carbons (Fsp3) is 0.353. The number of fused-ring (bicyclic) bond motifs is 1. The molecule has 1 aromatic carbocycles. The molecule has 1 aliphatic heterocycles. The lowest BCUT2D eigenvalue weighted by Crippen LogP contribution is -2.49. The number of anilines is 1. The van der Waals surface area contributed by atoms with Crippen molar-refractivity contribution in [3.05, 3.63) is 35.6 Å². The molecule has 1 amide bonds. The maximum atomic E-state index is 11.9. The smallest absolute Gasteiger partial charge is 0.222 e. The highest BCUT2D eigenvalue weighted by Gasteiger charge is 2.24. The topological polar surface area (TPSA) is 80.0 Å². The Labute approximate surface area is 155 Å². The Bertz CT molecular complexity index is 932. The van der Waals surface area contributed by atoms with Crippen molar-refractivity contribution < 1.29 is 4.79 Å². The molecule has 26 heavy (non-hydrogen) atoms. The maximum Gasteiger partial charge on any atom is 0.222 e. The number of benzene rings is 1. The van der Waals surface area contributed by atoms with Crippen LogP contribution in [0.1, 0.15) is 13.3 Å². The van der Waals surface area contributed by atoms with Crippen LogP contribution in [0.4, 0.5) is 5.82 Å². The lowest BCUT2D eigenvalue weighted by molar-refractivity contribution is -0.131. The van der Waals surface area contributed by atoms with Crippen molar-refractivity contribution in [2.45, 2.75) is 13.3 Å². The van der Waals surface area contributed by atoms with Crippen molar-refractivity contribution in [2.75, 3.05) is 31.1 Å². The van der Waals surface area contributed by atoms with Crippen LogP contribution < -0.4 is 4.90 Å². The van der Waals surface area contributed by atoms with E-state index in [1.807, 2.05) is 24.0 Å². The summed E-state index contributed by atoms with van der Waals surface area (Å²) in [5, 5.41) is 9.19. The molecule has 0 spiro atoms. The molecule has 0 N–H and O–H groups in total.